The zero-order valence-corrected chi connectivity index (χ0v) is 16.8. The summed E-state index contributed by atoms with van der Waals surface area (Å²) in [4.78, 5) is 13.3. The van der Waals surface area contributed by atoms with Crippen molar-refractivity contribution in [3.05, 3.63) is 48.1 Å². The van der Waals surface area contributed by atoms with Crippen LogP contribution in [-0.4, -0.2) is 38.5 Å². The van der Waals surface area contributed by atoms with E-state index in [4.69, 9.17) is 11.0 Å². The lowest BCUT2D eigenvalue weighted by molar-refractivity contribution is 0.857. The second-order valence-corrected chi connectivity index (χ2v) is 6.85. The Labute approximate surface area is 169 Å². The van der Waals surface area contributed by atoms with Gasteiger partial charge in [0.25, 0.3) is 0 Å². The standard InChI is InChI=1S/C21H24N8/c1-4-5-24-11-17(9-23)18-13-25-20(7-19(18)28-14(2)3)29-21-16(12-27-29)6-15(8-22)10-26-21/h6-7,9-14H,4-5,23H2,1-3H3,(H,25,28). The summed E-state index contributed by atoms with van der Waals surface area (Å²) in [5, 5.41) is 17.7. The molecule has 3 N–H and O–H groups in total. The molecule has 0 aliphatic heterocycles. The third-order valence-corrected chi connectivity index (χ3v) is 4.16. The minimum atomic E-state index is 0.210. The summed E-state index contributed by atoms with van der Waals surface area (Å²) in [6, 6.07) is 5.97. The van der Waals surface area contributed by atoms with Crippen LogP contribution in [0.1, 0.15) is 38.3 Å². The lowest BCUT2D eigenvalue weighted by Crippen LogP contribution is -2.13. The van der Waals surface area contributed by atoms with Gasteiger partial charge in [0.2, 0.25) is 0 Å². The van der Waals surface area contributed by atoms with Gasteiger partial charge < -0.3 is 11.1 Å². The number of fused-ring (bicyclic) bond motifs is 1. The van der Waals surface area contributed by atoms with E-state index in [-0.39, 0.29) is 6.04 Å². The maximum absolute atomic E-state index is 9.06. The Kier molecular flexibility index (Phi) is 6.19. The molecule has 3 aromatic rings. The summed E-state index contributed by atoms with van der Waals surface area (Å²) in [5.74, 6) is 0.617. The fraction of sp³-hybridized carbons (Fsp3) is 0.286. The Balaban J connectivity index is 2.07. The first kappa shape index (κ1) is 20.0. The second kappa shape index (κ2) is 8.97. The molecule has 3 rings (SSSR count). The van der Waals surface area contributed by atoms with Crippen LogP contribution in [0.2, 0.25) is 0 Å². The molecule has 8 heteroatoms. The predicted octanol–water partition coefficient (Wildman–Crippen LogP) is 3.29. The molecule has 0 spiro atoms. The number of aliphatic imine (C=N–C) groups is 1. The summed E-state index contributed by atoms with van der Waals surface area (Å²) in [7, 11) is 0. The number of nitrogens with two attached hydrogens (primary N) is 1. The normalized spacial score (nSPS) is 12.0. The molecule has 3 heterocycles. The van der Waals surface area contributed by atoms with Crippen LogP contribution < -0.4 is 11.1 Å². The number of rotatable bonds is 7. The van der Waals surface area contributed by atoms with Crippen molar-refractivity contribution in [2.45, 2.75) is 33.2 Å². The Morgan fingerprint density at radius 3 is 2.83 bits per heavy atom. The Bertz CT molecular complexity index is 1100. The molecule has 0 unspecified atom stereocenters. The fourth-order valence-electron chi connectivity index (χ4n) is 2.86. The van der Waals surface area contributed by atoms with Crippen molar-refractivity contribution in [1.29, 1.82) is 5.26 Å². The van der Waals surface area contributed by atoms with Gasteiger partial charge >= 0.3 is 0 Å². The Hall–Kier alpha value is -3.73. The van der Waals surface area contributed by atoms with Gasteiger partial charge in [-0.25, -0.2) is 9.97 Å². The van der Waals surface area contributed by atoms with E-state index in [1.807, 2.05) is 6.07 Å². The quantitative estimate of drug-likeness (QED) is 0.600. The topological polar surface area (TPSA) is 118 Å². The van der Waals surface area contributed by atoms with Gasteiger partial charge in [-0.1, -0.05) is 6.92 Å². The van der Waals surface area contributed by atoms with Crippen LogP contribution in [0.4, 0.5) is 5.69 Å². The van der Waals surface area contributed by atoms with Crippen molar-refractivity contribution >= 4 is 28.5 Å². The SMILES string of the molecule is CCCN=CC(=CN)c1cnc(-n2ncc3cc(C#N)cnc32)cc1NC(C)C. The van der Waals surface area contributed by atoms with E-state index in [0.717, 1.165) is 35.2 Å². The Morgan fingerprint density at radius 1 is 1.31 bits per heavy atom. The van der Waals surface area contributed by atoms with Crippen LogP contribution in [0.15, 0.2) is 41.9 Å². The molecule has 0 aliphatic carbocycles. The maximum atomic E-state index is 9.06. The summed E-state index contributed by atoms with van der Waals surface area (Å²) in [5.41, 5.74) is 9.52. The van der Waals surface area contributed by atoms with Gasteiger partial charge in [0.15, 0.2) is 11.5 Å². The fourth-order valence-corrected chi connectivity index (χ4v) is 2.86. The summed E-state index contributed by atoms with van der Waals surface area (Å²) >= 11 is 0. The first-order valence-electron chi connectivity index (χ1n) is 9.50. The molecule has 0 aliphatic rings. The molecule has 0 saturated carbocycles. The van der Waals surface area contributed by atoms with Crippen molar-refractivity contribution in [3.63, 3.8) is 0 Å². The number of nitrogens with one attached hydrogen (secondary N) is 1. The number of nitriles is 1. The third kappa shape index (κ3) is 4.41. The average molecular weight is 388 g/mol. The molecular weight excluding hydrogens is 364 g/mol. The summed E-state index contributed by atoms with van der Waals surface area (Å²) < 4.78 is 1.66. The van der Waals surface area contributed by atoms with E-state index >= 15 is 0 Å². The molecule has 29 heavy (non-hydrogen) atoms. The van der Waals surface area contributed by atoms with Gasteiger partial charge in [-0.15, -0.1) is 0 Å². The second-order valence-electron chi connectivity index (χ2n) is 6.85. The predicted molar refractivity (Wildman–Crippen MR) is 116 cm³/mol. The highest BCUT2D eigenvalue weighted by molar-refractivity contribution is 6.11. The van der Waals surface area contributed by atoms with Crippen LogP contribution in [0.25, 0.3) is 22.4 Å². The van der Waals surface area contributed by atoms with Crippen LogP contribution in [0.3, 0.4) is 0 Å². The number of pyridine rings is 2. The largest absolute Gasteiger partial charge is 0.404 e. The highest BCUT2D eigenvalue weighted by atomic mass is 15.3. The molecule has 0 amide bonds. The lowest BCUT2D eigenvalue weighted by Gasteiger charge is -2.16. The van der Waals surface area contributed by atoms with Crippen molar-refractivity contribution in [1.82, 2.24) is 19.7 Å². The van der Waals surface area contributed by atoms with E-state index in [2.05, 4.69) is 52.2 Å². The first-order valence-corrected chi connectivity index (χ1v) is 9.50. The first-order chi connectivity index (χ1) is 14.1. The molecule has 0 atom stereocenters. The molecule has 8 nitrogen and oxygen atoms in total. The van der Waals surface area contributed by atoms with Gasteiger partial charge in [-0.2, -0.15) is 15.0 Å². The monoisotopic (exact) mass is 388 g/mol. The number of hydrogen-bond donors (Lipinski definition) is 2. The molecule has 0 fully saturated rings. The van der Waals surface area contributed by atoms with E-state index < -0.39 is 0 Å². The molecule has 0 bridgehead atoms. The van der Waals surface area contributed by atoms with Crippen molar-refractivity contribution in [2.24, 2.45) is 10.7 Å². The van der Waals surface area contributed by atoms with E-state index in [1.54, 1.807) is 29.4 Å². The van der Waals surface area contributed by atoms with Crippen LogP contribution in [-0.2, 0) is 0 Å². The van der Waals surface area contributed by atoms with Crippen molar-refractivity contribution < 1.29 is 0 Å². The van der Waals surface area contributed by atoms with Crippen LogP contribution in [0, 0.1) is 11.3 Å². The number of aromatic nitrogens is 4. The van der Waals surface area contributed by atoms with Gasteiger partial charge in [-0.3, -0.25) is 4.99 Å². The highest BCUT2D eigenvalue weighted by Crippen LogP contribution is 2.26. The van der Waals surface area contributed by atoms with Gasteiger partial charge in [0.05, 0.1) is 11.8 Å². The minimum absolute atomic E-state index is 0.210. The average Bonchev–Trinajstić information content (AvgIpc) is 3.14. The van der Waals surface area contributed by atoms with Gasteiger partial charge in [0.1, 0.15) is 6.07 Å². The van der Waals surface area contributed by atoms with Gasteiger partial charge in [-0.05, 0) is 26.3 Å². The Morgan fingerprint density at radius 2 is 2.14 bits per heavy atom. The van der Waals surface area contributed by atoms with Crippen molar-refractivity contribution in [2.75, 3.05) is 11.9 Å². The highest BCUT2D eigenvalue weighted by Gasteiger charge is 2.14. The lowest BCUT2D eigenvalue weighted by atomic mass is 10.1. The molecule has 0 radical (unpaired) electrons. The minimum Gasteiger partial charge on any atom is -0.404 e. The third-order valence-electron chi connectivity index (χ3n) is 4.16. The zero-order valence-electron chi connectivity index (χ0n) is 16.8. The van der Waals surface area contributed by atoms with Gasteiger partial charge in [0, 0.05) is 65.7 Å². The molecule has 0 saturated heterocycles. The number of nitrogens with zero attached hydrogens (tertiary/aromatic N) is 6. The molecular formula is C21H24N8. The van der Waals surface area contributed by atoms with E-state index in [1.165, 1.54) is 12.4 Å². The summed E-state index contributed by atoms with van der Waals surface area (Å²) in [6.45, 7) is 6.95. The smallest absolute Gasteiger partial charge is 0.164 e. The van der Waals surface area contributed by atoms with E-state index in [0.29, 0.717) is 17.0 Å². The number of allylic oxidation sites excluding steroid dienone is 1. The zero-order chi connectivity index (χ0) is 20.8. The summed E-state index contributed by atoms with van der Waals surface area (Å²) in [6.07, 6.45) is 9.25. The van der Waals surface area contributed by atoms with Crippen molar-refractivity contribution in [3.8, 4) is 11.9 Å². The maximum Gasteiger partial charge on any atom is 0.164 e. The molecule has 3 aromatic heterocycles. The van der Waals surface area contributed by atoms with Crippen LogP contribution >= 0.6 is 0 Å². The molecule has 0 aromatic carbocycles. The number of anilines is 1. The van der Waals surface area contributed by atoms with E-state index in [9.17, 15) is 0 Å². The molecule has 148 valence electrons. The number of hydrogen-bond acceptors (Lipinski definition) is 7. The van der Waals surface area contributed by atoms with Crippen LogP contribution in [0.5, 0.6) is 0 Å².